The Hall–Kier alpha value is -3.19. The zero-order valence-electron chi connectivity index (χ0n) is 16.4. The molecule has 1 aliphatic rings. The van der Waals surface area contributed by atoms with Gasteiger partial charge in [0.05, 0.1) is 16.9 Å². The number of hydrogen-bond donors (Lipinski definition) is 1. The van der Waals surface area contributed by atoms with Crippen LogP contribution in [0.5, 0.6) is 5.75 Å². The van der Waals surface area contributed by atoms with Crippen LogP contribution in [-0.2, 0) is 9.59 Å². The van der Waals surface area contributed by atoms with Crippen molar-refractivity contribution in [1.82, 2.24) is 4.98 Å². The molecule has 0 bridgehead atoms. The lowest BCUT2D eigenvalue weighted by atomic mass is 10.1. The minimum Gasteiger partial charge on any atom is -0.482 e. The normalized spacial score (nSPS) is 14.2. The van der Waals surface area contributed by atoms with E-state index in [2.05, 4.69) is 10.3 Å². The second kappa shape index (κ2) is 7.67. The molecule has 0 saturated carbocycles. The van der Waals surface area contributed by atoms with Crippen molar-refractivity contribution in [2.75, 3.05) is 16.8 Å². The summed E-state index contributed by atoms with van der Waals surface area (Å²) in [4.78, 5) is 31.5. The van der Waals surface area contributed by atoms with E-state index in [-0.39, 0.29) is 18.4 Å². The summed E-state index contributed by atoms with van der Waals surface area (Å²) in [6.45, 7) is 5.59. The molecule has 3 aromatic rings. The first kappa shape index (κ1) is 19.1. The highest BCUT2D eigenvalue weighted by molar-refractivity contribution is 7.07. The molecule has 0 spiro atoms. The number of aryl methyl sites for hydroxylation is 1. The van der Waals surface area contributed by atoms with Gasteiger partial charge in [-0.15, -0.1) is 11.3 Å². The SMILES string of the molecule is Cc1cccc(NC(=O)C(C)N2C(=O)COc3ccc(-c4cscn4)cc32)c1C. The van der Waals surface area contributed by atoms with Crippen molar-refractivity contribution in [3.63, 3.8) is 0 Å². The summed E-state index contributed by atoms with van der Waals surface area (Å²) in [7, 11) is 0. The second-order valence-corrected chi connectivity index (χ2v) is 7.74. The van der Waals surface area contributed by atoms with E-state index in [1.54, 1.807) is 12.4 Å². The summed E-state index contributed by atoms with van der Waals surface area (Å²) in [6, 6.07) is 10.6. The smallest absolute Gasteiger partial charge is 0.265 e. The summed E-state index contributed by atoms with van der Waals surface area (Å²) in [5, 5.41) is 4.90. The van der Waals surface area contributed by atoms with Crippen molar-refractivity contribution < 1.29 is 14.3 Å². The van der Waals surface area contributed by atoms with E-state index in [4.69, 9.17) is 4.74 Å². The molecule has 4 rings (SSSR count). The van der Waals surface area contributed by atoms with Crippen LogP contribution in [0, 0.1) is 13.8 Å². The molecule has 1 aliphatic heterocycles. The van der Waals surface area contributed by atoms with E-state index in [9.17, 15) is 9.59 Å². The second-order valence-electron chi connectivity index (χ2n) is 7.02. The van der Waals surface area contributed by atoms with E-state index in [1.165, 1.54) is 16.2 Å². The number of thiazole rings is 1. The van der Waals surface area contributed by atoms with Crippen molar-refractivity contribution in [3.8, 4) is 17.0 Å². The molecule has 2 aromatic carbocycles. The minimum atomic E-state index is -0.698. The number of carbonyl (C=O) groups excluding carboxylic acids is 2. The fourth-order valence-corrected chi connectivity index (χ4v) is 3.91. The van der Waals surface area contributed by atoms with Gasteiger partial charge in [0.15, 0.2) is 6.61 Å². The Labute approximate surface area is 173 Å². The fraction of sp³-hybridized carbons (Fsp3) is 0.227. The van der Waals surface area contributed by atoms with Gasteiger partial charge in [-0.3, -0.25) is 14.5 Å². The van der Waals surface area contributed by atoms with Crippen LogP contribution in [0.15, 0.2) is 47.3 Å². The highest BCUT2D eigenvalue weighted by atomic mass is 32.1. The van der Waals surface area contributed by atoms with Gasteiger partial charge in [-0.05, 0) is 56.2 Å². The number of nitrogens with one attached hydrogen (secondary N) is 1. The number of anilines is 2. The van der Waals surface area contributed by atoms with Gasteiger partial charge in [0, 0.05) is 16.6 Å². The molecule has 148 valence electrons. The molecular formula is C22H21N3O3S. The Morgan fingerprint density at radius 3 is 2.86 bits per heavy atom. The molecule has 1 N–H and O–H groups in total. The zero-order chi connectivity index (χ0) is 20.5. The van der Waals surface area contributed by atoms with E-state index >= 15 is 0 Å². The predicted octanol–water partition coefficient (Wildman–Crippen LogP) is 4.18. The van der Waals surface area contributed by atoms with Crippen LogP contribution in [0.25, 0.3) is 11.3 Å². The van der Waals surface area contributed by atoms with Gasteiger partial charge in [-0.2, -0.15) is 0 Å². The lowest BCUT2D eigenvalue weighted by Gasteiger charge is -2.33. The highest BCUT2D eigenvalue weighted by Crippen LogP contribution is 2.37. The van der Waals surface area contributed by atoms with Crippen molar-refractivity contribution in [3.05, 3.63) is 58.4 Å². The molecule has 0 saturated heterocycles. The molecule has 2 heterocycles. The fourth-order valence-electron chi connectivity index (χ4n) is 3.35. The van der Waals surface area contributed by atoms with E-state index in [0.717, 1.165) is 28.1 Å². The number of hydrogen-bond acceptors (Lipinski definition) is 5. The molecule has 0 aliphatic carbocycles. The van der Waals surface area contributed by atoms with E-state index < -0.39 is 6.04 Å². The van der Waals surface area contributed by atoms with Crippen LogP contribution in [0.3, 0.4) is 0 Å². The number of carbonyl (C=O) groups is 2. The zero-order valence-corrected chi connectivity index (χ0v) is 17.2. The summed E-state index contributed by atoms with van der Waals surface area (Å²) in [6.07, 6.45) is 0. The van der Waals surface area contributed by atoms with Crippen LogP contribution >= 0.6 is 11.3 Å². The number of aromatic nitrogens is 1. The molecule has 0 radical (unpaired) electrons. The third kappa shape index (κ3) is 3.61. The van der Waals surface area contributed by atoms with Crippen LogP contribution in [0.2, 0.25) is 0 Å². The molecule has 1 unspecified atom stereocenters. The molecule has 1 atom stereocenters. The van der Waals surface area contributed by atoms with Gasteiger partial charge < -0.3 is 10.1 Å². The molecule has 29 heavy (non-hydrogen) atoms. The van der Waals surface area contributed by atoms with E-state index in [0.29, 0.717) is 11.4 Å². The quantitative estimate of drug-likeness (QED) is 0.704. The maximum Gasteiger partial charge on any atom is 0.265 e. The lowest BCUT2D eigenvalue weighted by molar-refractivity contribution is -0.125. The topological polar surface area (TPSA) is 71.5 Å². The molecule has 7 heteroatoms. The molecule has 6 nitrogen and oxygen atoms in total. The number of nitrogens with zero attached hydrogens (tertiary/aromatic N) is 2. The van der Waals surface area contributed by atoms with Gasteiger partial charge in [0.25, 0.3) is 5.91 Å². The first-order chi connectivity index (χ1) is 14.0. The van der Waals surface area contributed by atoms with Gasteiger partial charge in [-0.25, -0.2) is 4.98 Å². The maximum absolute atomic E-state index is 13.0. The first-order valence-electron chi connectivity index (χ1n) is 9.30. The van der Waals surface area contributed by atoms with Crippen molar-refractivity contribution in [1.29, 1.82) is 0 Å². The van der Waals surface area contributed by atoms with Gasteiger partial charge in [-0.1, -0.05) is 12.1 Å². The number of amides is 2. The third-order valence-electron chi connectivity index (χ3n) is 5.20. The summed E-state index contributed by atoms with van der Waals surface area (Å²) in [5.74, 6) is 0.0745. The van der Waals surface area contributed by atoms with Crippen LogP contribution in [-0.4, -0.2) is 29.4 Å². The maximum atomic E-state index is 13.0. The highest BCUT2D eigenvalue weighted by Gasteiger charge is 2.33. The van der Waals surface area contributed by atoms with E-state index in [1.807, 2.05) is 55.6 Å². The molecular weight excluding hydrogens is 386 g/mol. The average Bonchev–Trinajstić information content (AvgIpc) is 3.25. The number of ether oxygens (including phenoxy) is 1. The molecule has 0 fully saturated rings. The minimum absolute atomic E-state index is 0.0931. The van der Waals surface area contributed by atoms with Crippen LogP contribution in [0.1, 0.15) is 18.1 Å². The van der Waals surface area contributed by atoms with Crippen molar-refractivity contribution in [2.45, 2.75) is 26.8 Å². The standard InChI is InChI=1S/C22H21N3O3S/c1-13-5-4-6-17(14(13)2)24-22(27)15(3)25-19-9-16(18-11-29-12-23-18)7-8-20(19)28-10-21(25)26/h4-9,11-12,15H,10H2,1-3H3,(H,24,27). The summed E-state index contributed by atoms with van der Waals surface area (Å²) >= 11 is 1.50. The molecule has 1 aromatic heterocycles. The number of rotatable bonds is 4. The average molecular weight is 407 g/mol. The Balaban J connectivity index is 1.65. The van der Waals surface area contributed by atoms with Crippen LogP contribution in [0.4, 0.5) is 11.4 Å². The third-order valence-corrected chi connectivity index (χ3v) is 5.78. The van der Waals surface area contributed by atoms with Gasteiger partial charge in [0.2, 0.25) is 5.91 Å². The lowest BCUT2D eigenvalue weighted by Crippen LogP contribution is -2.49. The first-order valence-corrected chi connectivity index (χ1v) is 10.2. The summed E-state index contributed by atoms with van der Waals surface area (Å²) < 4.78 is 5.58. The molecule has 2 amide bonds. The Morgan fingerprint density at radius 1 is 1.28 bits per heavy atom. The Morgan fingerprint density at radius 2 is 2.10 bits per heavy atom. The largest absolute Gasteiger partial charge is 0.482 e. The predicted molar refractivity (Wildman–Crippen MR) is 115 cm³/mol. The number of benzene rings is 2. The Bertz CT molecular complexity index is 1080. The monoisotopic (exact) mass is 407 g/mol. The van der Waals surface area contributed by atoms with Crippen molar-refractivity contribution >= 4 is 34.5 Å². The summed E-state index contributed by atoms with van der Waals surface area (Å²) in [5.41, 5.74) is 6.88. The van der Waals surface area contributed by atoms with Gasteiger partial charge >= 0.3 is 0 Å². The van der Waals surface area contributed by atoms with Crippen LogP contribution < -0.4 is 15.0 Å². The van der Waals surface area contributed by atoms with Crippen molar-refractivity contribution in [2.24, 2.45) is 0 Å². The van der Waals surface area contributed by atoms with Gasteiger partial charge in [0.1, 0.15) is 11.8 Å². The Kier molecular flexibility index (Phi) is 5.07. The number of fused-ring (bicyclic) bond motifs is 1.